The Bertz CT molecular complexity index is 321. The Kier molecular flexibility index (Phi) is 11.3. The summed E-state index contributed by atoms with van der Waals surface area (Å²) in [4.78, 5) is 61.4. The Hall–Kier alpha value is -1.69. The summed E-state index contributed by atoms with van der Waals surface area (Å²) in [6, 6.07) is 0. The van der Waals surface area contributed by atoms with Gasteiger partial charge in [0.15, 0.2) is 0 Å². The van der Waals surface area contributed by atoms with E-state index in [2.05, 4.69) is 19.4 Å². The second-order valence-electron chi connectivity index (χ2n) is 3.44. The summed E-state index contributed by atoms with van der Waals surface area (Å²) in [6.45, 7) is 3.97. The third kappa shape index (κ3) is 13.1. The molecule has 0 spiro atoms. The van der Waals surface area contributed by atoms with Crippen LogP contribution in [-0.4, -0.2) is 47.4 Å². The molecule has 0 saturated carbocycles. The van der Waals surface area contributed by atoms with Gasteiger partial charge in [0.25, 0.3) is 0 Å². The minimum atomic E-state index is -0.724. The van der Waals surface area contributed by atoms with Gasteiger partial charge in [-0.1, -0.05) is 0 Å². The predicted molar refractivity (Wildman–Crippen MR) is 60.5 cm³/mol. The van der Waals surface area contributed by atoms with Gasteiger partial charge in [-0.3, -0.25) is 19.2 Å². The van der Waals surface area contributed by atoms with Crippen LogP contribution in [0.2, 0.25) is 0 Å². The second kappa shape index (κ2) is 11.0. The SMILES string of the molecule is CC(=O)ON(CCN(OC(C)=O)OC(C)=O)OC(C)=O.[Co]. The van der Waals surface area contributed by atoms with Crippen LogP contribution in [0.25, 0.3) is 0 Å². The van der Waals surface area contributed by atoms with Crippen molar-refractivity contribution >= 4 is 23.9 Å². The van der Waals surface area contributed by atoms with E-state index >= 15 is 0 Å². The minimum absolute atomic E-state index is 0. The van der Waals surface area contributed by atoms with Crippen LogP contribution in [-0.2, 0) is 55.3 Å². The van der Waals surface area contributed by atoms with E-state index in [-0.39, 0.29) is 29.9 Å². The van der Waals surface area contributed by atoms with Crippen molar-refractivity contribution in [1.29, 1.82) is 0 Å². The van der Waals surface area contributed by atoms with Crippen LogP contribution in [0.4, 0.5) is 0 Å². The molecular formula is C10H16CoN2O8. The Morgan fingerprint density at radius 2 is 0.810 bits per heavy atom. The molecule has 0 aliphatic heterocycles. The van der Waals surface area contributed by atoms with Crippen LogP contribution in [0.15, 0.2) is 0 Å². The van der Waals surface area contributed by atoms with Gasteiger partial charge in [0, 0.05) is 54.9 Å². The van der Waals surface area contributed by atoms with Crippen LogP contribution in [0.3, 0.4) is 0 Å². The molecule has 0 fully saturated rings. The molecule has 0 aromatic carbocycles. The van der Waals surface area contributed by atoms with Crippen molar-refractivity contribution in [3.8, 4) is 0 Å². The van der Waals surface area contributed by atoms with Gasteiger partial charge in [-0.05, 0) is 0 Å². The molecule has 0 N–H and O–H groups in total. The first-order chi connectivity index (χ1) is 9.20. The molecule has 21 heavy (non-hydrogen) atoms. The van der Waals surface area contributed by atoms with Crippen molar-refractivity contribution in [2.75, 3.05) is 13.1 Å². The van der Waals surface area contributed by atoms with Gasteiger partial charge in [0.1, 0.15) is 0 Å². The molecule has 0 aliphatic carbocycles. The standard InChI is InChI=1S/C10H16N2O8.Co/c1-7(13)17-11(18-8(2)14)5-6-12(19-9(3)15)20-10(4)16;/h5-6H2,1-4H3;. The summed E-state index contributed by atoms with van der Waals surface area (Å²) in [5.74, 6) is -2.90. The molecular weight excluding hydrogens is 335 g/mol. The van der Waals surface area contributed by atoms with E-state index in [1.807, 2.05) is 0 Å². The smallest absolute Gasteiger partial charge is 0.326 e. The summed E-state index contributed by atoms with van der Waals surface area (Å²) in [5.41, 5.74) is 0. The predicted octanol–water partition coefficient (Wildman–Crippen LogP) is -0.500. The number of carbonyl (C=O) groups is 4. The van der Waals surface area contributed by atoms with Crippen LogP contribution in [0.5, 0.6) is 0 Å². The Balaban J connectivity index is 0. The van der Waals surface area contributed by atoms with Crippen molar-refractivity contribution in [2.24, 2.45) is 0 Å². The van der Waals surface area contributed by atoms with Crippen molar-refractivity contribution in [3.05, 3.63) is 0 Å². The normalized spacial score (nSPS) is 9.62. The molecule has 123 valence electrons. The third-order valence-electron chi connectivity index (χ3n) is 1.39. The number of hydrogen-bond donors (Lipinski definition) is 0. The summed E-state index contributed by atoms with van der Waals surface area (Å²) >= 11 is 0. The fourth-order valence-corrected chi connectivity index (χ4v) is 0.957. The van der Waals surface area contributed by atoms with E-state index in [9.17, 15) is 19.2 Å². The van der Waals surface area contributed by atoms with Gasteiger partial charge >= 0.3 is 23.9 Å². The van der Waals surface area contributed by atoms with E-state index < -0.39 is 23.9 Å². The average molecular weight is 351 g/mol. The van der Waals surface area contributed by atoms with Gasteiger partial charge in [0.2, 0.25) is 0 Å². The zero-order valence-electron chi connectivity index (χ0n) is 11.9. The average Bonchev–Trinajstić information content (AvgIpc) is 2.22. The van der Waals surface area contributed by atoms with Crippen molar-refractivity contribution in [3.63, 3.8) is 0 Å². The minimum Gasteiger partial charge on any atom is -0.333 e. The summed E-state index contributed by atoms with van der Waals surface area (Å²) < 4.78 is 0. The van der Waals surface area contributed by atoms with Crippen molar-refractivity contribution < 1.29 is 55.3 Å². The third-order valence-corrected chi connectivity index (χ3v) is 1.39. The number of nitrogens with zero attached hydrogens (tertiary/aromatic N) is 2. The maximum atomic E-state index is 10.8. The van der Waals surface area contributed by atoms with Crippen LogP contribution in [0.1, 0.15) is 27.7 Å². The van der Waals surface area contributed by atoms with Gasteiger partial charge in [-0.25, -0.2) is 0 Å². The topological polar surface area (TPSA) is 112 Å². The van der Waals surface area contributed by atoms with Crippen molar-refractivity contribution in [2.45, 2.75) is 27.7 Å². The molecule has 0 rings (SSSR count). The summed E-state index contributed by atoms with van der Waals surface area (Å²) in [5, 5.41) is 1.15. The molecule has 0 saturated heterocycles. The van der Waals surface area contributed by atoms with Crippen LogP contribution < -0.4 is 0 Å². The molecule has 0 bridgehead atoms. The van der Waals surface area contributed by atoms with Gasteiger partial charge in [-0.2, -0.15) is 0 Å². The number of hydroxylamine groups is 4. The monoisotopic (exact) mass is 351 g/mol. The maximum Gasteiger partial charge on any atom is 0.326 e. The number of rotatable bonds is 7. The molecule has 10 nitrogen and oxygen atoms in total. The Morgan fingerprint density at radius 3 is 0.952 bits per heavy atom. The van der Waals surface area contributed by atoms with Gasteiger partial charge < -0.3 is 19.4 Å². The summed E-state index contributed by atoms with van der Waals surface area (Å²) in [6.07, 6.45) is 0. The van der Waals surface area contributed by atoms with Crippen molar-refractivity contribution in [1.82, 2.24) is 10.5 Å². The van der Waals surface area contributed by atoms with Crippen LogP contribution >= 0.6 is 0 Å². The molecule has 0 atom stereocenters. The van der Waals surface area contributed by atoms with E-state index in [0.29, 0.717) is 10.5 Å². The van der Waals surface area contributed by atoms with Gasteiger partial charge in [-0.15, -0.1) is 0 Å². The summed E-state index contributed by atoms with van der Waals surface area (Å²) in [7, 11) is 0. The fraction of sp³-hybridized carbons (Fsp3) is 0.600. The molecule has 0 unspecified atom stereocenters. The molecule has 0 aliphatic rings. The molecule has 0 amide bonds. The molecule has 0 aromatic heterocycles. The molecule has 1 radical (unpaired) electrons. The van der Waals surface area contributed by atoms with E-state index in [1.165, 1.54) is 0 Å². The molecule has 0 heterocycles. The van der Waals surface area contributed by atoms with E-state index in [0.717, 1.165) is 27.7 Å². The fourth-order valence-electron chi connectivity index (χ4n) is 0.957. The second-order valence-corrected chi connectivity index (χ2v) is 3.44. The first-order valence-electron chi connectivity index (χ1n) is 5.50. The largest absolute Gasteiger partial charge is 0.333 e. The zero-order chi connectivity index (χ0) is 15.7. The van der Waals surface area contributed by atoms with E-state index in [4.69, 9.17) is 0 Å². The Labute approximate surface area is 131 Å². The zero-order valence-corrected chi connectivity index (χ0v) is 12.9. The molecule has 0 aromatic rings. The maximum absolute atomic E-state index is 10.8. The van der Waals surface area contributed by atoms with E-state index in [1.54, 1.807) is 0 Å². The quantitative estimate of drug-likeness (QED) is 0.556. The first-order valence-corrected chi connectivity index (χ1v) is 5.50. The first kappa shape index (κ1) is 21.6. The Morgan fingerprint density at radius 1 is 0.619 bits per heavy atom. The van der Waals surface area contributed by atoms with Gasteiger partial charge in [0.05, 0.1) is 13.1 Å². The number of carbonyl (C=O) groups excluding carboxylic acids is 4. The number of hydrogen-bond acceptors (Lipinski definition) is 10. The van der Waals surface area contributed by atoms with Crippen LogP contribution in [0, 0.1) is 0 Å². The molecule has 11 heteroatoms.